The molecule has 0 unspecified atom stereocenters. The molecule has 0 amide bonds. The predicted octanol–water partition coefficient (Wildman–Crippen LogP) is 3.50. The summed E-state index contributed by atoms with van der Waals surface area (Å²) in [5.41, 5.74) is 2.91. The number of pyridine rings is 2. The average molecular weight is 407 g/mol. The van der Waals surface area contributed by atoms with Crippen LogP contribution >= 0.6 is 0 Å². The van der Waals surface area contributed by atoms with Gasteiger partial charge in [0.15, 0.2) is 0 Å². The van der Waals surface area contributed by atoms with Crippen LogP contribution in [0.1, 0.15) is 0 Å². The predicted molar refractivity (Wildman–Crippen MR) is 116 cm³/mol. The van der Waals surface area contributed by atoms with Gasteiger partial charge >= 0.3 is 0 Å². The minimum atomic E-state index is -3.72. The van der Waals surface area contributed by atoms with Crippen LogP contribution in [0.2, 0.25) is 0 Å². The molecule has 148 valence electrons. The van der Waals surface area contributed by atoms with Crippen LogP contribution in [0.25, 0.3) is 22.2 Å². The van der Waals surface area contributed by atoms with E-state index in [9.17, 15) is 8.42 Å². The first kappa shape index (κ1) is 18.9. The quantitative estimate of drug-likeness (QED) is 0.548. The normalized spacial score (nSPS) is 11.6. The number of hydrogen-bond acceptors (Lipinski definition) is 5. The van der Waals surface area contributed by atoms with Crippen LogP contribution in [-0.2, 0) is 17.1 Å². The Morgan fingerprint density at radius 1 is 1.00 bits per heavy atom. The number of rotatable bonds is 5. The van der Waals surface area contributed by atoms with E-state index in [1.54, 1.807) is 48.8 Å². The molecular formula is C21H21N5O2S. The molecule has 0 spiro atoms. The third-order valence-electron chi connectivity index (χ3n) is 4.67. The number of hydrogen-bond donors (Lipinski definition) is 1. The Hall–Kier alpha value is -3.39. The van der Waals surface area contributed by atoms with Gasteiger partial charge in [0, 0.05) is 50.9 Å². The van der Waals surface area contributed by atoms with Gasteiger partial charge in [0.05, 0.1) is 16.0 Å². The molecular weight excluding hydrogens is 386 g/mol. The molecule has 0 saturated carbocycles. The highest BCUT2D eigenvalue weighted by atomic mass is 32.2. The van der Waals surface area contributed by atoms with Crippen LogP contribution in [0.3, 0.4) is 0 Å². The van der Waals surface area contributed by atoms with E-state index >= 15 is 0 Å². The van der Waals surface area contributed by atoms with Crippen molar-refractivity contribution in [2.45, 2.75) is 4.90 Å². The number of nitrogens with zero attached hydrogens (tertiary/aromatic N) is 4. The van der Waals surface area contributed by atoms with E-state index in [4.69, 9.17) is 0 Å². The van der Waals surface area contributed by atoms with Crippen molar-refractivity contribution in [2.24, 2.45) is 7.05 Å². The Morgan fingerprint density at radius 3 is 2.41 bits per heavy atom. The maximum atomic E-state index is 12.9. The first-order valence-corrected chi connectivity index (χ1v) is 10.5. The lowest BCUT2D eigenvalue weighted by molar-refractivity contribution is 0.601. The van der Waals surface area contributed by atoms with Crippen LogP contribution in [0.4, 0.5) is 11.5 Å². The number of benzene rings is 1. The van der Waals surface area contributed by atoms with E-state index in [0.717, 1.165) is 22.3 Å². The minimum Gasteiger partial charge on any atom is -0.363 e. The first-order valence-electron chi connectivity index (χ1n) is 9.02. The summed E-state index contributed by atoms with van der Waals surface area (Å²) in [6.07, 6.45) is 5.32. The molecule has 29 heavy (non-hydrogen) atoms. The fraction of sp³-hybridized carbons (Fsp3) is 0.143. The van der Waals surface area contributed by atoms with Gasteiger partial charge in [0.25, 0.3) is 10.0 Å². The minimum absolute atomic E-state index is 0.208. The lowest BCUT2D eigenvalue weighted by Crippen LogP contribution is -2.13. The van der Waals surface area contributed by atoms with Crippen molar-refractivity contribution < 1.29 is 8.42 Å². The molecule has 7 nitrogen and oxygen atoms in total. The lowest BCUT2D eigenvalue weighted by atomic mass is 10.1. The Morgan fingerprint density at radius 2 is 1.76 bits per heavy atom. The summed E-state index contributed by atoms with van der Waals surface area (Å²) >= 11 is 0. The van der Waals surface area contributed by atoms with Crippen LogP contribution in [0.15, 0.2) is 72.0 Å². The summed E-state index contributed by atoms with van der Waals surface area (Å²) in [5.74, 6) is 0.845. The summed E-state index contributed by atoms with van der Waals surface area (Å²) < 4.78 is 30.3. The maximum Gasteiger partial charge on any atom is 0.261 e. The van der Waals surface area contributed by atoms with Crippen LogP contribution in [0, 0.1) is 0 Å². The van der Waals surface area contributed by atoms with Crippen LogP contribution in [-0.4, -0.2) is 37.0 Å². The zero-order valence-corrected chi connectivity index (χ0v) is 17.2. The van der Waals surface area contributed by atoms with Crippen molar-refractivity contribution in [1.82, 2.24) is 14.5 Å². The summed E-state index contributed by atoms with van der Waals surface area (Å²) in [6, 6.07) is 13.9. The van der Waals surface area contributed by atoms with Gasteiger partial charge in [-0.2, -0.15) is 0 Å². The van der Waals surface area contributed by atoms with Gasteiger partial charge in [-0.3, -0.25) is 4.72 Å². The largest absolute Gasteiger partial charge is 0.363 e. The summed E-state index contributed by atoms with van der Waals surface area (Å²) in [5, 5.41) is 0.730. The third-order valence-corrected chi connectivity index (χ3v) is 6.05. The second-order valence-electron chi connectivity index (χ2n) is 6.93. The van der Waals surface area contributed by atoms with Gasteiger partial charge in [-0.1, -0.05) is 18.2 Å². The molecule has 0 aliphatic carbocycles. The molecule has 1 aromatic carbocycles. The topological polar surface area (TPSA) is 80.1 Å². The first-order chi connectivity index (χ1) is 13.9. The molecule has 0 saturated heterocycles. The standard InChI is InChI=1S/C21H21N5O2S/c1-25(2)19-10-9-15(13-23-19)17-14-26(3)21-20(17)18(11-12-22-21)24-29(27,28)16-7-5-4-6-8-16/h4-14H,1-3H3,(H,22,24). The molecule has 8 heteroatoms. The third kappa shape index (κ3) is 3.54. The molecule has 0 atom stereocenters. The molecule has 1 N–H and O–H groups in total. The highest BCUT2D eigenvalue weighted by molar-refractivity contribution is 7.92. The summed E-state index contributed by atoms with van der Waals surface area (Å²) in [7, 11) is 2.02. The molecule has 0 aliphatic rings. The van der Waals surface area contributed by atoms with Crippen molar-refractivity contribution in [1.29, 1.82) is 0 Å². The van der Waals surface area contributed by atoms with E-state index in [-0.39, 0.29) is 4.90 Å². The number of aryl methyl sites for hydroxylation is 1. The van der Waals surface area contributed by atoms with Crippen molar-refractivity contribution >= 4 is 32.6 Å². The number of fused-ring (bicyclic) bond motifs is 1. The summed E-state index contributed by atoms with van der Waals surface area (Å²) in [4.78, 5) is 11.0. The highest BCUT2D eigenvalue weighted by Gasteiger charge is 2.19. The second-order valence-corrected chi connectivity index (χ2v) is 8.61. The molecule has 0 aliphatic heterocycles. The lowest BCUT2D eigenvalue weighted by Gasteiger charge is -2.12. The number of sulfonamides is 1. The Labute approximate surface area is 169 Å². The van der Waals surface area contributed by atoms with E-state index < -0.39 is 10.0 Å². The fourth-order valence-corrected chi connectivity index (χ4v) is 4.31. The van der Waals surface area contributed by atoms with Crippen molar-refractivity contribution in [3.8, 4) is 11.1 Å². The van der Waals surface area contributed by atoms with Crippen LogP contribution < -0.4 is 9.62 Å². The molecule has 3 aromatic heterocycles. The number of anilines is 2. The van der Waals surface area contributed by atoms with Crippen molar-refractivity contribution in [2.75, 3.05) is 23.7 Å². The van der Waals surface area contributed by atoms with Gasteiger partial charge < -0.3 is 9.47 Å². The Bertz CT molecular complexity index is 1260. The second kappa shape index (κ2) is 7.21. The van der Waals surface area contributed by atoms with Crippen molar-refractivity contribution in [3.05, 3.63) is 67.1 Å². The Kier molecular flexibility index (Phi) is 4.71. The zero-order valence-electron chi connectivity index (χ0n) is 16.4. The van der Waals surface area contributed by atoms with Crippen LogP contribution in [0.5, 0.6) is 0 Å². The zero-order chi connectivity index (χ0) is 20.6. The van der Waals surface area contributed by atoms with E-state index in [1.165, 1.54) is 0 Å². The summed E-state index contributed by atoms with van der Waals surface area (Å²) in [6.45, 7) is 0. The highest BCUT2D eigenvalue weighted by Crippen LogP contribution is 2.35. The van der Waals surface area contributed by atoms with Crippen molar-refractivity contribution in [3.63, 3.8) is 0 Å². The number of nitrogens with one attached hydrogen (secondary N) is 1. The van der Waals surface area contributed by atoms with Gasteiger partial charge in [-0.15, -0.1) is 0 Å². The molecule has 0 fully saturated rings. The van der Waals surface area contributed by atoms with Gasteiger partial charge in [-0.25, -0.2) is 18.4 Å². The average Bonchev–Trinajstić information content (AvgIpc) is 3.06. The molecule has 3 heterocycles. The van der Waals surface area contributed by atoms with E-state index in [0.29, 0.717) is 11.3 Å². The SMILES string of the molecule is CN(C)c1ccc(-c2cn(C)c3nccc(NS(=O)(=O)c4ccccc4)c23)cn1. The van der Waals surface area contributed by atoms with Gasteiger partial charge in [-0.05, 0) is 30.3 Å². The number of aromatic nitrogens is 3. The Balaban J connectivity index is 1.84. The van der Waals surface area contributed by atoms with E-state index in [1.807, 2.05) is 48.9 Å². The smallest absolute Gasteiger partial charge is 0.261 e. The van der Waals surface area contributed by atoms with Gasteiger partial charge in [0.2, 0.25) is 0 Å². The molecule has 0 radical (unpaired) electrons. The molecule has 0 bridgehead atoms. The maximum absolute atomic E-state index is 12.9. The monoisotopic (exact) mass is 407 g/mol. The van der Waals surface area contributed by atoms with E-state index in [2.05, 4.69) is 14.7 Å². The molecule has 4 rings (SSSR count). The van der Waals surface area contributed by atoms with Gasteiger partial charge in [0.1, 0.15) is 11.5 Å². The fourth-order valence-electron chi connectivity index (χ4n) is 3.22. The molecule has 4 aromatic rings.